The molecule has 2 aromatic carbocycles. The van der Waals surface area contributed by atoms with E-state index < -0.39 is 11.8 Å². The highest BCUT2D eigenvalue weighted by atomic mass is 16.5. The van der Waals surface area contributed by atoms with Crippen molar-refractivity contribution >= 4 is 11.8 Å². The fourth-order valence-electron chi connectivity index (χ4n) is 2.00. The first-order valence-corrected chi connectivity index (χ1v) is 7.04. The van der Waals surface area contributed by atoms with Crippen LogP contribution in [0, 0.1) is 13.8 Å². The van der Waals surface area contributed by atoms with Gasteiger partial charge in [0.15, 0.2) is 6.61 Å². The van der Waals surface area contributed by atoms with Gasteiger partial charge in [0.05, 0.1) is 5.56 Å². The molecule has 2 rings (SSSR count). The molecule has 0 atom stereocenters. The maximum atomic E-state index is 11.8. The van der Waals surface area contributed by atoms with Gasteiger partial charge in [-0.1, -0.05) is 29.8 Å². The third-order valence-corrected chi connectivity index (χ3v) is 3.15. The molecule has 0 radical (unpaired) electrons. The summed E-state index contributed by atoms with van der Waals surface area (Å²) in [6, 6.07) is 11.7. The normalized spacial score (nSPS) is 10.0. The smallest absolute Gasteiger partial charge is 0.276 e. The zero-order valence-corrected chi connectivity index (χ0v) is 12.9. The Labute approximate surface area is 134 Å². The summed E-state index contributed by atoms with van der Waals surface area (Å²) in [5, 5.41) is 9.55. The highest BCUT2D eigenvalue weighted by molar-refractivity contribution is 5.97. The van der Waals surface area contributed by atoms with E-state index in [0.29, 0.717) is 5.75 Å². The number of ether oxygens (including phenoxy) is 1. The highest BCUT2D eigenvalue weighted by Crippen LogP contribution is 2.18. The second kappa shape index (κ2) is 7.31. The van der Waals surface area contributed by atoms with Gasteiger partial charge in [0.2, 0.25) is 0 Å². The zero-order valence-electron chi connectivity index (χ0n) is 12.9. The minimum absolute atomic E-state index is 0.0723. The number of hydrogen-bond donors (Lipinski definition) is 3. The topological polar surface area (TPSA) is 87.7 Å². The Morgan fingerprint density at radius 1 is 1.09 bits per heavy atom. The number of aryl methyl sites for hydroxylation is 2. The van der Waals surface area contributed by atoms with E-state index in [1.165, 1.54) is 12.1 Å². The number of para-hydroxylation sites is 1. The van der Waals surface area contributed by atoms with Gasteiger partial charge < -0.3 is 9.84 Å². The monoisotopic (exact) mass is 314 g/mol. The lowest BCUT2D eigenvalue weighted by Gasteiger charge is -2.11. The summed E-state index contributed by atoms with van der Waals surface area (Å²) in [6.07, 6.45) is 0. The fourth-order valence-corrected chi connectivity index (χ4v) is 2.00. The van der Waals surface area contributed by atoms with Gasteiger partial charge in [-0.2, -0.15) is 0 Å². The van der Waals surface area contributed by atoms with E-state index in [4.69, 9.17) is 4.74 Å². The average molecular weight is 314 g/mol. The molecule has 0 aromatic heterocycles. The highest BCUT2D eigenvalue weighted by Gasteiger charge is 2.11. The molecular formula is C17H18N2O4. The molecule has 0 aliphatic heterocycles. The van der Waals surface area contributed by atoms with E-state index in [-0.39, 0.29) is 17.9 Å². The van der Waals surface area contributed by atoms with Crippen LogP contribution in [0.15, 0.2) is 42.5 Å². The van der Waals surface area contributed by atoms with E-state index >= 15 is 0 Å². The number of aromatic hydroxyl groups is 1. The molecule has 0 fully saturated rings. The largest absolute Gasteiger partial charge is 0.507 e. The molecule has 6 heteroatoms. The Hall–Kier alpha value is -3.02. The third-order valence-electron chi connectivity index (χ3n) is 3.15. The summed E-state index contributed by atoms with van der Waals surface area (Å²) in [6.45, 7) is 3.63. The molecule has 2 aromatic rings. The molecule has 0 spiro atoms. The number of rotatable bonds is 4. The van der Waals surface area contributed by atoms with Gasteiger partial charge in [-0.15, -0.1) is 0 Å². The first kappa shape index (κ1) is 16.4. The molecule has 0 saturated carbocycles. The Morgan fingerprint density at radius 3 is 2.52 bits per heavy atom. The molecule has 0 aliphatic carbocycles. The number of amides is 2. The maximum absolute atomic E-state index is 11.8. The maximum Gasteiger partial charge on any atom is 0.276 e. The van der Waals surface area contributed by atoms with Crippen LogP contribution in [0.3, 0.4) is 0 Å². The third kappa shape index (κ3) is 4.47. The minimum Gasteiger partial charge on any atom is -0.507 e. The van der Waals surface area contributed by atoms with Crippen molar-refractivity contribution in [2.24, 2.45) is 0 Å². The van der Waals surface area contributed by atoms with E-state index in [2.05, 4.69) is 10.9 Å². The molecule has 3 N–H and O–H groups in total. The van der Waals surface area contributed by atoms with Crippen LogP contribution in [-0.2, 0) is 4.79 Å². The van der Waals surface area contributed by atoms with Crippen molar-refractivity contribution in [1.29, 1.82) is 0 Å². The van der Waals surface area contributed by atoms with Gasteiger partial charge in [-0.3, -0.25) is 20.4 Å². The predicted molar refractivity (Wildman–Crippen MR) is 85.1 cm³/mol. The lowest BCUT2D eigenvalue weighted by molar-refractivity contribution is -0.123. The summed E-state index contributed by atoms with van der Waals surface area (Å²) in [5.41, 5.74) is 6.56. The van der Waals surface area contributed by atoms with Crippen molar-refractivity contribution in [2.45, 2.75) is 13.8 Å². The van der Waals surface area contributed by atoms with E-state index in [1.54, 1.807) is 18.2 Å². The molecule has 2 amide bonds. The van der Waals surface area contributed by atoms with Crippen LogP contribution >= 0.6 is 0 Å². The van der Waals surface area contributed by atoms with Crippen LogP contribution < -0.4 is 15.6 Å². The molecule has 6 nitrogen and oxygen atoms in total. The van der Waals surface area contributed by atoms with E-state index in [1.807, 2.05) is 26.0 Å². The Bertz CT molecular complexity index is 728. The zero-order chi connectivity index (χ0) is 16.8. The number of carbonyl (C=O) groups excluding carboxylic acids is 2. The first-order chi connectivity index (χ1) is 11.0. The van der Waals surface area contributed by atoms with Gasteiger partial charge in [-0.05, 0) is 37.6 Å². The average Bonchev–Trinajstić information content (AvgIpc) is 2.52. The predicted octanol–water partition coefficient (Wildman–Crippen LogP) is 1.85. The number of benzene rings is 2. The summed E-state index contributed by atoms with van der Waals surface area (Å²) in [5.74, 6) is -0.666. The van der Waals surface area contributed by atoms with Crippen LogP contribution in [-0.4, -0.2) is 23.5 Å². The van der Waals surface area contributed by atoms with E-state index in [9.17, 15) is 14.7 Å². The van der Waals surface area contributed by atoms with Crippen molar-refractivity contribution in [2.75, 3.05) is 6.61 Å². The molecule has 120 valence electrons. The second-order valence-corrected chi connectivity index (χ2v) is 5.08. The van der Waals surface area contributed by atoms with Crippen molar-refractivity contribution in [3.8, 4) is 11.5 Å². The fraction of sp³-hybridized carbons (Fsp3) is 0.176. The van der Waals surface area contributed by atoms with Crippen molar-refractivity contribution in [3.63, 3.8) is 0 Å². The molecular weight excluding hydrogens is 296 g/mol. The number of carbonyl (C=O) groups is 2. The molecule has 0 saturated heterocycles. The van der Waals surface area contributed by atoms with Crippen LogP contribution in [0.5, 0.6) is 11.5 Å². The molecule has 23 heavy (non-hydrogen) atoms. The Kier molecular flexibility index (Phi) is 5.19. The van der Waals surface area contributed by atoms with Crippen molar-refractivity contribution < 1.29 is 19.4 Å². The number of nitrogens with one attached hydrogen (secondary N) is 2. The summed E-state index contributed by atoms with van der Waals surface area (Å²) < 4.78 is 5.40. The lowest BCUT2D eigenvalue weighted by Crippen LogP contribution is -2.43. The van der Waals surface area contributed by atoms with Crippen molar-refractivity contribution in [3.05, 3.63) is 59.2 Å². The number of hydrogen-bond acceptors (Lipinski definition) is 4. The number of phenols is 1. The number of phenolic OH excluding ortho intramolecular Hbond substituents is 1. The van der Waals surface area contributed by atoms with Gasteiger partial charge in [0.25, 0.3) is 11.8 Å². The quantitative estimate of drug-likeness (QED) is 0.752. The lowest BCUT2D eigenvalue weighted by atomic mass is 10.1. The standard InChI is InChI=1S/C17H18N2O4/c1-11-7-8-15(12(2)9-11)23-10-16(21)18-19-17(22)13-5-3-4-6-14(13)20/h3-9,20H,10H2,1-2H3,(H,18,21)(H,19,22). The van der Waals surface area contributed by atoms with Gasteiger partial charge >= 0.3 is 0 Å². The van der Waals surface area contributed by atoms with E-state index in [0.717, 1.165) is 11.1 Å². The molecule has 0 unspecified atom stereocenters. The Balaban J connectivity index is 1.83. The van der Waals surface area contributed by atoms with Gasteiger partial charge in [0, 0.05) is 0 Å². The van der Waals surface area contributed by atoms with Crippen LogP contribution in [0.4, 0.5) is 0 Å². The number of hydrazine groups is 1. The van der Waals surface area contributed by atoms with Gasteiger partial charge in [-0.25, -0.2) is 0 Å². The van der Waals surface area contributed by atoms with Crippen molar-refractivity contribution in [1.82, 2.24) is 10.9 Å². The van der Waals surface area contributed by atoms with Crippen LogP contribution in [0.1, 0.15) is 21.5 Å². The van der Waals surface area contributed by atoms with Crippen LogP contribution in [0.25, 0.3) is 0 Å². The second-order valence-electron chi connectivity index (χ2n) is 5.08. The molecule has 0 bridgehead atoms. The molecule has 0 aliphatic rings. The van der Waals surface area contributed by atoms with Gasteiger partial charge in [0.1, 0.15) is 11.5 Å². The Morgan fingerprint density at radius 2 is 1.83 bits per heavy atom. The summed E-state index contributed by atoms with van der Waals surface area (Å²) in [4.78, 5) is 23.5. The minimum atomic E-state index is -0.608. The summed E-state index contributed by atoms with van der Waals surface area (Å²) >= 11 is 0. The summed E-state index contributed by atoms with van der Waals surface area (Å²) in [7, 11) is 0. The first-order valence-electron chi connectivity index (χ1n) is 7.04. The molecule has 0 heterocycles. The SMILES string of the molecule is Cc1ccc(OCC(=O)NNC(=O)c2ccccc2O)c(C)c1. The van der Waals surface area contributed by atoms with Crippen LogP contribution in [0.2, 0.25) is 0 Å².